The van der Waals surface area contributed by atoms with Crippen molar-refractivity contribution in [1.82, 2.24) is 0 Å². The van der Waals surface area contributed by atoms with E-state index in [4.69, 9.17) is 38.3 Å². The first-order valence-corrected chi connectivity index (χ1v) is 18.3. The van der Waals surface area contributed by atoms with Crippen molar-refractivity contribution in [1.29, 1.82) is 0 Å². The van der Waals surface area contributed by atoms with Crippen LogP contribution in [0.1, 0.15) is 59.4 Å². The molecule has 0 amide bonds. The Morgan fingerprint density at radius 3 is 1.77 bits per heavy atom. The summed E-state index contributed by atoms with van der Waals surface area (Å²) in [6.07, 6.45) is 1.14. The molecule has 4 aromatic carbocycles. The van der Waals surface area contributed by atoms with Crippen molar-refractivity contribution in [2.75, 3.05) is 86.4 Å². The summed E-state index contributed by atoms with van der Waals surface area (Å²) in [7, 11) is 1.61. The van der Waals surface area contributed by atoms with Crippen LogP contribution in [-0.2, 0) is 40.4 Å². The van der Waals surface area contributed by atoms with E-state index in [2.05, 4.69) is 41.0 Å². The molecule has 0 unspecified atom stereocenters. The van der Waals surface area contributed by atoms with E-state index in [1.807, 2.05) is 38.1 Å². The number of carboxylic acid groups (broad SMARTS) is 1. The van der Waals surface area contributed by atoms with Crippen molar-refractivity contribution in [3.63, 3.8) is 0 Å². The quantitative estimate of drug-likeness (QED) is 0.0225. The number of aliphatic hydroxyl groups is 1. The van der Waals surface area contributed by atoms with Crippen LogP contribution in [0.4, 0.5) is 0 Å². The number of hydrogen-bond acceptors (Lipinski definition) is 11. The van der Waals surface area contributed by atoms with Crippen molar-refractivity contribution in [3.8, 4) is 16.9 Å². The summed E-state index contributed by atoms with van der Waals surface area (Å²) >= 11 is 0. The Labute approximate surface area is 452 Å². The molecular formula is C43H49Cs2O12+. The predicted molar refractivity (Wildman–Crippen MR) is 200 cm³/mol. The SMILES string of the molecule is COCCOCCOCCOc1ccc(C2(c3ccc(COCCOCCOCCO)c(C=[O+][O-])c3)c3cc(C)ccc3-c3ccc(C)cc32)cc1C(=O)[O-].[Cs+].[Cs+]. The van der Waals surface area contributed by atoms with Gasteiger partial charge in [-0.05, 0) is 71.0 Å². The Bertz CT molecular complexity index is 1850. The van der Waals surface area contributed by atoms with Crippen molar-refractivity contribution in [3.05, 3.63) is 123 Å². The summed E-state index contributed by atoms with van der Waals surface area (Å²) in [6, 6.07) is 23.5. The van der Waals surface area contributed by atoms with Crippen LogP contribution in [0, 0.1) is 13.8 Å². The van der Waals surface area contributed by atoms with Crippen LogP contribution in [0.3, 0.4) is 0 Å². The molecule has 12 nitrogen and oxygen atoms in total. The van der Waals surface area contributed by atoms with E-state index < -0.39 is 11.4 Å². The molecular weight excluding hydrogens is 974 g/mol. The standard InChI is InChI=1S/C43H50O12.2Cs/c1-30-4-9-36-37-10-5-31(2)25-40(37)43(39(36)24-30,34-7-6-32(33(26-34)29-55-47)28-53-21-20-51-17-16-49-13-12-44)35-8-11-41(38(27-35)42(45)46)54-23-22-52-19-18-50-15-14-48-3;;/h4-11,24-27,29,44H,12-23,28H2,1-3H3,(H,45,46);;/q;2*+1/p-1. The Balaban J connectivity index is 0.00000435. The number of benzene rings is 4. The minimum atomic E-state index is -1.38. The number of aliphatic hydroxyl groups excluding tert-OH is 1. The average molecular weight is 1020 g/mol. The van der Waals surface area contributed by atoms with Crippen molar-refractivity contribution in [2.45, 2.75) is 25.9 Å². The monoisotopic (exact) mass is 1020 g/mol. The molecule has 14 heteroatoms. The molecule has 0 saturated heterocycles. The van der Waals surface area contributed by atoms with Crippen LogP contribution >= 0.6 is 0 Å². The third kappa shape index (κ3) is 13.5. The van der Waals surface area contributed by atoms with Gasteiger partial charge in [-0.3, -0.25) is 0 Å². The Morgan fingerprint density at radius 2 is 1.21 bits per heavy atom. The van der Waals surface area contributed by atoms with Crippen molar-refractivity contribution < 1.29 is 196 Å². The molecule has 0 atom stereocenters. The minimum Gasteiger partial charge on any atom is -0.545 e. The first kappa shape index (κ1) is 50.8. The number of carboxylic acids is 1. The van der Waals surface area contributed by atoms with Gasteiger partial charge >= 0.3 is 144 Å². The number of fused-ring (bicyclic) bond motifs is 3. The number of aromatic carboxylic acids is 1. The van der Waals surface area contributed by atoms with Gasteiger partial charge in [0.2, 0.25) is 0 Å². The Hall–Kier alpha value is -0.556. The summed E-state index contributed by atoms with van der Waals surface area (Å²) in [5, 5.41) is 33.2. The van der Waals surface area contributed by atoms with Gasteiger partial charge in [-0.25, -0.2) is 0 Å². The molecule has 57 heavy (non-hydrogen) atoms. The molecule has 0 heterocycles. The van der Waals surface area contributed by atoms with Gasteiger partial charge in [0, 0.05) is 12.7 Å². The number of rotatable bonds is 24. The molecule has 0 saturated carbocycles. The van der Waals surface area contributed by atoms with E-state index in [0.717, 1.165) is 50.8 Å². The van der Waals surface area contributed by atoms with Gasteiger partial charge in [-0.2, -0.15) is 4.58 Å². The zero-order chi connectivity index (χ0) is 39.0. The number of aldehydes is 1. The van der Waals surface area contributed by atoms with Gasteiger partial charge in [0.15, 0.2) is 0 Å². The topological polar surface area (TPSA) is 159 Å². The maximum absolute atomic E-state index is 12.8. The third-order valence-corrected chi connectivity index (χ3v) is 9.36. The first-order valence-electron chi connectivity index (χ1n) is 18.3. The van der Waals surface area contributed by atoms with Crippen LogP contribution < -0.4 is 153 Å². The number of ether oxygens (including phenoxy) is 7. The second kappa shape index (κ2) is 26.7. The average Bonchev–Trinajstić information content (AvgIpc) is 3.46. The summed E-state index contributed by atoms with van der Waals surface area (Å²) < 4.78 is 42.9. The molecule has 0 aromatic heterocycles. The summed E-state index contributed by atoms with van der Waals surface area (Å²) in [5.41, 5.74) is 7.61. The molecule has 0 bridgehead atoms. The first-order chi connectivity index (χ1) is 26.8. The zero-order valence-electron chi connectivity index (χ0n) is 33.6. The van der Waals surface area contributed by atoms with E-state index in [-0.39, 0.29) is 182 Å². The van der Waals surface area contributed by atoms with Gasteiger partial charge in [-0.15, -0.1) is 0 Å². The van der Waals surface area contributed by atoms with Gasteiger partial charge < -0.3 is 53.4 Å². The van der Waals surface area contributed by atoms with Gasteiger partial charge in [-0.1, -0.05) is 65.7 Å². The zero-order valence-corrected chi connectivity index (χ0v) is 46.2. The smallest absolute Gasteiger partial charge is 0.545 e. The Morgan fingerprint density at radius 1 is 0.684 bits per heavy atom. The fourth-order valence-corrected chi connectivity index (χ4v) is 6.87. The molecule has 1 N–H and O–H groups in total. The molecule has 4 aromatic rings. The van der Waals surface area contributed by atoms with Crippen LogP contribution in [-0.4, -0.2) is 104 Å². The molecule has 1 aliphatic rings. The van der Waals surface area contributed by atoms with Crippen LogP contribution in [0.5, 0.6) is 5.75 Å². The van der Waals surface area contributed by atoms with Gasteiger partial charge in [0.25, 0.3) is 0 Å². The molecule has 0 spiro atoms. The van der Waals surface area contributed by atoms with Crippen molar-refractivity contribution >= 4 is 12.3 Å². The summed E-state index contributed by atoms with van der Waals surface area (Å²) in [5.74, 6) is -1.22. The maximum atomic E-state index is 12.8. The molecule has 0 fully saturated rings. The number of methoxy groups -OCH3 is 1. The number of hydrogen-bond donors (Lipinski definition) is 1. The minimum absolute atomic E-state index is 0. The fourth-order valence-electron chi connectivity index (χ4n) is 6.87. The second-order valence-corrected chi connectivity index (χ2v) is 13.0. The second-order valence-electron chi connectivity index (χ2n) is 13.0. The summed E-state index contributed by atoms with van der Waals surface area (Å²) in [6.45, 7) is 7.92. The van der Waals surface area contributed by atoms with Gasteiger partial charge in [0.05, 0.1) is 96.2 Å². The largest absolute Gasteiger partial charge is 1.00 e. The normalized spacial score (nSPS) is 12.5. The molecule has 294 valence electrons. The van der Waals surface area contributed by atoms with Crippen LogP contribution in [0.2, 0.25) is 0 Å². The number of carbonyl (C=O) groups excluding carboxylic acids is 2. The van der Waals surface area contributed by atoms with Gasteiger partial charge in [0.1, 0.15) is 12.4 Å². The summed E-state index contributed by atoms with van der Waals surface area (Å²) in [4.78, 5) is 12.8. The molecule has 0 aliphatic heterocycles. The fraction of sp³-hybridized carbons (Fsp3) is 0.395. The van der Waals surface area contributed by atoms with Crippen LogP contribution in [0.15, 0.2) is 72.8 Å². The van der Waals surface area contributed by atoms with E-state index >= 15 is 0 Å². The number of carbonyl (C=O) groups is 1. The maximum Gasteiger partial charge on any atom is 1.00 e. The van der Waals surface area contributed by atoms with E-state index in [1.165, 1.54) is 0 Å². The van der Waals surface area contributed by atoms with E-state index in [9.17, 15) is 15.2 Å². The third-order valence-electron chi connectivity index (χ3n) is 9.36. The molecule has 5 rings (SSSR count). The number of aryl methyl sites for hydroxylation is 2. The molecule has 0 radical (unpaired) electrons. The molecule has 1 aliphatic carbocycles. The van der Waals surface area contributed by atoms with E-state index in [1.54, 1.807) is 19.2 Å². The van der Waals surface area contributed by atoms with Crippen LogP contribution in [0.25, 0.3) is 11.1 Å². The van der Waals surface area contributed by atoms with E-state index in [0.29, 0.717) is 64.0 Å². The van der Waals surface area contributed by atoms with Crippen molar-refractivity contribution in [2.24, 2.45) is 0 Å². The predicted octanol–water partition coefficient (Wildman–Crippen LogP) is -2.74. The Kier molecular flexibility index (Phi) is 23.8.